The van der Waals surface area contributed by atoms with Gasteiger partial charge in [0.15, 0.2) is 0 Å². The van der Waals surface area contributed by atoms with Crippen LogP contribution in [0, 0.1) is 0 Å². The Kier molecular flexibility index (Phi) is 5.01. The summed E-state index contributed by atoms with van der Waals surface area (Å²) < 4.78 is 1.87. The van der Waals surface area contributed by atoms with Crippen molar-refractivity contribution in [2.75, 3.05) is 5.32 Å². The van der Waals surface area contributed by atoms with E-state index < -0.39 is 0 Å². The molecule has 0 amide bonds. The van der Waals surface area contributed by atoms with Crippen molar-refractivity contribution in [1.29, 1.82) is 0 Å². The Hall–Kier alpha value is -1.77. The van der Waals surface area contributed by atoms with E-state index >= 15 is 0 Å². The minimum absolute atomic E-state index is 0.530. The fourth-order valence-electron chi connectivity index (χ4n) is 2.19. The molecule has 1 aromatic heterocycles. The SMILES string of the molecule is CCCCCC(C)Nc1ccc(-n2cccn2)cc1. The second kappa shape index (κ2) is 6.98. The van der Waals surface area contributed by atoms with E-state index in [-0.39, 0.29) is 0 Å². The lowest BCUT2D eigenvalue weighted by Gasteiger charge is -2.15. The summed E-state index contributed by atoms with van der Waals surface area (Å²) in [6, 6.07) is 10.9. The maximum absolute atomic E-state index is 4.22. The molecule has 1 atom stereocenters. The van der Waals surface area contributed by atoms with Gasteiger partial charge in [0, 0.05) is 24.1 Å². The summed E-state index contributed by atoms with van der Waals surface area (Å²) in [7, 11) is 0. The number of unbranched alkanes of at least 4 members (excludes halogenated alkanes) is 2. The second-order valence-electron chi connectivity index (χ2n) is 5.04. The molecule has 2 rings (SSSR count). The van der Waals surface area contributed by atoms with Gasteiger partial charge in [-0.1, -0.05) is 26.2 Å². The van der Waals surface area contributed by atoms with Crippen LogP contribution in [0.5, 0.6) is 0 Å². The molecule has 0 spiro atoms. The van der Waals surface area contributed by atoms with E-state index in [1.54, 1.807) is 6.20 Å². The van der Waals surface area contributed by atoms with Gasteiger partial charge in [-0.25, -0.2) is 4.68 Å². The average Bonchev–Trinajstić information content (AvgIpc) is 2.94. The summed E-state index contributed by atoms with van der Waals surface area (Å²) in [5.41, 5.74) is 2.27. The number of benzene rings is 1. The second-order valence-corrected chi connectivity index (χ2v) is 5.04. The van der Waals surface area contributed by atoms with Crippen LogP contribution in [0.3, 0.4) is 0 Å². The molecule has 0 aliphatic carbocycles. The third kappa shape index (κ3) is 4.12. The lowest BCUT2D eigenvalue weighted by molar-refractivity contribution is 0.615. The Bertz CT molecular complexity index is 459. The van der Waals surface area contributed by atoms with Gasteiger partial charge in [-0.3, -0.25) is 0 Å². The van der Waals surface area contributed by atoms with Crippen LogP contribution in [0.1, 0.15) is 39.5 Å². The predicted octanol–water partition coefficient (Wildman–Crippen LogP) is 4.25. The van der Waals surface area contributed by atoms with Crippen molar-refractivity contribution in [1.82, 2.24) is 9.78 Å². The molecule has 1 unspecified atom stereocenters. The maximum atomic E-state index is 4.22. The molecule has 1 heterocycles. The Morgan fingerprint density at radius 1 is 1.21 bits per heavy atom. The molecule has 2 aromatic rings. The van der Waals surface area contributed by atoms with E-state index in [4.69, 9.17) is 0 Å². The highest BCUT2D eigenvalue weighted by molar-refractivity contribution is 5.48. The largest absolute Gasteiger partial charge is 0.383 e. The zero-order chi connectivity index (χ0) is 13.5. The van der Waals surface area contributed by atoms with Crippen LogP contribution in [-0.4, -0.2) is 15.8 Å². The maximum Gasteiger partial charge on any atom is 0.0647 e. The summed E-state index contributed by atoms with van der Waals surface area (Å²) in [5, 5.41) is 7.77. The van der Waals surface area contributed by atoms with Gasteiger partial charge in [0.1, 0.15) is 0 Å². The fourth-order valence-corrected chi connectivity index (χ4v) is 2.19. The number of aromatic nitrogens is 2. The predicted molar refractivity (Wildman–Crippen MR) is 80.8 cm³/mol. The molecule has 102 valence electrons. The summed E-state index contributed by atoms with van der Waals surface area (Å²) in [6.07, 6.45) is 8.89. The van der Waals surface area contributed by atoms with Gasteiger partial charge < -0.3 is 5.32 Å². The molecule has 3 heteroatoms. The first-order valence-electron chi connectivity index (χ1n) is 7.16. The van der Waals surface area contributed by atoms with E-state index in [1.165, 1.54) is 31.4 Å². The van der Waals surface area contributed by atoms with Crippen LogP contribution in [-0.2, 0) is 0 Å². The van der Waals surface area contributed by atoms with Crippen LogP contribution in [0.15, 0.2) is 42.7 Å². The van der Waals surface area contributed by atoms with Crippen molar-refractivity contribution in [3.63, 3.8) is 0 Å². The molecule has 3 nitrogen and oxygen atoms in total. The van der Waals surface area contributed by atoms with E-state index in [0.717, 1.165) is 5.69 Å². The van der Waals surface area contributed by atoms with E-state index in [2.05, 4.69) is 48.5 Å². The molecule has 0 bridgehead atoms. The molecule has 0 aliphatic heterocycles. The first-order chi connectivity index (χ1) is 9.29. The normalized spacial score (nSPS) is 12.3. The number of hydrogen-bond donors (Lipinski definition) is 1. The molecule has 0 saturated heterocycles. The van der Waals surface area contributed by atoms with Crippen molar-refractivity contribution in [3.8, 4) is 5.69 Å². The first-order valence-corrected chi connectivity index (χ1v) is 7.16. The molecular formula is C16H23N3. The summed E-state index contributed by atoms with van der Waals surface area (Å²) in [5.74, 6) is 0. The van der Waals surface area contributed by atoms with E-state index in [9.17, 15) is 0 Å². The molecule has 0 aliphatic rings. The monoisotopic (exact) mass is 257 g/mol. The molecule has 0 radical (unpaired) electrons. The van der Waals surface area contributed by atoms with Crippen molar-refractivity contribution < 1.29 is 0 Å². The van der Waals surface area contributed by atoms with Crippen LogP contribution in [0.4, 0.5) is 5.69 Å². The number of rotatable bonds is 7. The van der Waals surface area contributed by atoms with Crippen LogP contribution >= 0.6 is 0 Å². The number of nitrogens with one attached hydrogen (secondary N) is 1. The van der Waals surface area contributed by atoms with Gasteiger partial charge in [0.2, 0.25) is 0 Å². The third-order valence-corrected chi connectivity index (χ3v) is 3.29. The van der Waals surface area contributed by atoms with Crippen molar-refractivity contribution in [2.45, 2.75) is 45.6 Å². The van der Waals surface area contributed by atoms with Crippen LogP contribution in [0.25, 0.3) is 5.69 Å². The quantitative estimate of drug-likeness (QED) is 0.751. The topological polar surface area (TPSA) is 29.9 Å². The van der Waals surface area contributed by atoms with Gasteiger partial charge in [0.25, 0.3) is 0 Å². The highest BCUT2D eigenvalue weighted by atomic mass is 15.3. The first kappa shape index (κ1) is 13.7. The smallest absolute Gasteiger partial charge is 0.0647 e. The molecule has 0 fully saturated rings. The summed E-state index contributed by atoms with van der Waals surface area (Å²) in [6.45, 7) is 4.49. The van der Waals surface area contributed by atoms with Crippen molar-refractivity contribution in [3.05, 3.63) is 42.7 Å². The Morgan fingerprint density at radius 3 is 2.63 bits per heavy atom. The van der Waals surface area contributed by atoms with E-state index in [0.29, 0.717) is 6.04 Å². The fraction of sp³-hybridized carbons (Fsp3) is 0.438. The Labute approximate surface area is 115 Å². The van der Waals surface area contributed by atoms with Gasteiger partial charge in [-0.15, -0.1) is 0 Å². The number of nitrogens with zero attached hydrogens (tertiary/aromatic N) is 2. The third-order valence-electron chi connectivity index (χ3n) is 3.29. The lowest BCUT2D eigenvalue weighted by atomic mass is 10.1. The minimum Gasteiger partial charge on any atom is -0.383 e. The lowest BCUT2D eigenvalue weighted by Crippen LogP contribution is -2.14. The molecular weight excluding hydrogens is 234 g/mol. The Morgan fingerprint density at radius 2 is 2.00 bits per heavy atom. The standard InChI is InChI=1S/C16H23N3/c1-3-4-5-7-14(2)18-15-8-10-16(11-9-15)19-13-6-12-17-19/h6,8-14,18H,3-5,7H2,1-2H3. The zero-order valence-electron chi connectivity index (χ0n) is 11.8. The van der Waals surface area contributed by atoms with Crippen LogP contribution < -0.4 is 5.32 Å². The molecule has 19 heavy (non-hydrogen) atoms. The summed E-state index contributed by atoms with van der Waals surface area (Å²) in [4.78, 5) is 0. The van der Waals surface area contributed by atoms with Gasteiger partial charge >= 0.3 is 0 Å². The molecule has 0 saturated carbocycles. The van der Waals surface area contributed by atoms with Gasteiger partial charge in [-0.05, 0) is 43.7 Å². The number of anilines is 1. The van der Waals surface area contributed by atoms with Crippen LogP contribution in [0.2, 0.25) is 0 Å². The van der Waals surface area contributed by atoms with E-state index in [1.807, 2.05) is 16.9 Å². The highest BCUT2D eigenvalue weighted by Gasteiger charge is 2.02. The average molecular weight is 257 g/mol. The zero-order valence-corrected chi connectivity index (χ0v) is 11.8. The molecule has 1 aromatic carbocycles. The highest BCUT2D eigenvalue weighted by Crippen LogP contribution is 2.15. The van der Waals surface area contributed by atoms with Gasteiger partial charge in [-0.2, -0.15) is 5.10 Å². The van der Waals surface area contributed by atoms with Gasteiger partial charge in [0.05, 0.1) is 5.69 Å². The summed E-state index contributed by atoms with van der Waals surface area (Å²) >= 11 is 0. The van der Waals surface area contributed by atoms with Crippen molar-refractivity contribution >= 4 is 5.69 Å². The van der Waals surface area contributed by atoms with Crippen molar-refractivity contribution in [2.24, 2.45) is 0 Å². The minimum atomic E-state index is 0.530. The number of hydrogen-bond acceptors (Lipinski definition) is 2. The Balaban J connectivity index is 1.88. The molecule has 1 N–H and O–H groups in total.